The van der Waals surface area contributed by atoms with Gasteiger partial charge in [0.2, 0.25) is 11.8 Å². The van der Waals surface area contributed by atoms with E-state index in [4.69, 9.17) is 5.73 Å². The highest BCUT2D eigenvalue weighted by Crippen LogP contribution is 2.33. The van der Waals surface area contributed by atoms with Gasteiger partial charge >= 0.3 is 0 Å². The molecule has 2 amide bonds. The predicted octanol–water partition coefficient (Wildman–Crippen LogP) is 2.36. The largest absolute Gasteiger partial charge is 0.366 e. The maximum Gasteiger partial charge on any atom is 0.265 e. The summed E-state index contributed by atoms with van der Waals surface area (Å²) in [6.45, 7) is 0. The third kappa shape index (κ3) is 3.54. The second-order valence-electron chi connectivity index (χ2n) is 7.36. The highest BCUT2D eigenvalue weighted by atomic mass is 32.2. The Kier molecular flexibility index (Phi) is 4.98. The molecule has 1 aliphatic rings. The van der Waals surface area contributed by atoms with Gasteiger partial charge in [-0.1, -0.05) is 30.0 Å². The van der Waals surface area contributed by atoms with Gasteiger partial charge in [-0.25, -0.2) is 9.67 Å². The van der Waals surface area contributed by atoms with Gasteiger partial charge in [-0.05, 0) is 36.4 Å². The number of thioether (sulfide) groups is 1. The highest BCUT2D eigenvalue weighted by Gasteiger charge is 2.29. The van der Waals surface area contributed by atoms with E-state index in [-0.39, 0.29) is 23.9 Å². The Morgan fingerprint density at radius 3 is 2.59 bits per heavy atom. The van der Waals surface area contributed by atoms with E-state index in [1.807, 2.05) is 30.3 Å². The number of carbonyl (C=O) groups excluding carboxylic acids is 2. The molecule has 160 valence electrons. The molecule has 0 fully saturated rings. The molecule has 0 aliphatic carbocycles. The first kappa shape index (κ1) is 20.0. The molecule has 0 bridgehead atoms. The number of fused-ring (bicyclic) bond motifs is 2. The van der Waals surface area contributed by atoms with Crippen LogP contribution in [-0.2, 0) is 4.79 Å². The normalized spacial score (nSPS) is 14.9. The average Bonchev–Trinajstić information content (AvgIpc) is 3.40. The number of nitrogens with zero attached hydrogens (tertiary/aromatic N) is 4. The zero-order valence-corrected chi connectivity index (χ0v) is 17.6. The van der Waals surface area contributed by atoms with Gasteiger partial charge in [0, 0.05) is 23.4 Å². The second kappa shape index (κ2) is 7.97. The van der Waals surface area contributed by atoms with E-state index < -0.39 is 5.91 Å². The average molecular weight is 446 g/mol. The number of hydrogen-bond acceptors (Lipinski definition) is 6. The minimum atomic E-state index is -0.531. The number of rotatable bonds is 5. The second-order valence-corrected chi connectivity index (χ2v) is 8.34. The summed E-state index contributed by atoms with van der Waals surface area (Å²) in [6, 6.07) is 15.5. The first-order valence-electron chi connectivity index (χ1n) is 9.89. The van der Waals surface area contributed by atoms with Crippen LogP contribution in [-0.4, -0.2) is 36.9 Å². The number of nitrogens with one attached hydrogen (secondary N) is 1. The van der Waals surface area contributed by atoms with Crippen LogP contribution in [0.1, 0.15) is 22.8 Å². The van der Waals surface area contributed by atoms with E-state index in [9.17, 15) is 14.4 Å². The van der Waals surface area contributed by atoms with Gasteiger partial charge in [-0.2, -0.15) is 5.10 Å². The maximum absolute atomic E-state index is 13.2. The molecule has 0 saturated carbocycles. The van der Waals surface area contributed by atoms with Crippen molar-refractivity contribution in [2.75, 3.05) is 11.1 Å². The van der Waals surface area contributed by atoms with Crippen molar-refractivity contribution in [2.45, 2.75) is 17.6 Å². The molecule has 1 atom stereocenters. The Morgan fingerprint density at radius 2 is 1.88 bits per heavy atom. The van der Waals surface area contributed by atoms with Crippen LogP contribution < -0.4 is 16.6 Å². The van der Waals surface area contributed by atoms with Crippen molar-refractivity contribution in [1.82, 2.24) is 19.3 Å². The van der Waals surface area contributed by atoms with Gasteiger partial charge in [0.15, 0.2) is 10.8 Å². The van der Waals surface area contributed by atoms with E-state index in [0.717, 1.165) is 5.69 Å². The van der Waals surface area contributed by atoms with Crippen molar-refractivity contribution in [3.8, 4) is 5.69 Å². The van der Waals surface area contributed by atoms with Gasteiger partial charge in [-0.15, -0.1) is 0 Å². The summed E-state index contributed by atoms with van der Waals surface area (Å²) < 4.78 is 3.23. The van der Waals surface area contributed by atoms with Crippen LogP contribution in [0.5, 0.6) is 0 Å². The van der Waals surface area contributed by atoms with E-state index in [2.05, 4.69) is 15.4 Å². The van der Waals surface area contributed by atoms with Crippen LogP contribution in [0, 0.1) is 0 Å². The molecule has 1 aliphatic heterocycles. The summed E-state index contributed by atoms with van der Waals surface area (Å²) in [7, 11) is 0. The topological polar surface area (TPSA) is 125 Å². The van der Waals surface area contributed by atoms with Crippen molar-refractivity contribution in [1.29, 1.82) is 0 Å². The fourth-order valence-corrected chi connectivity index (χ4v) is 4.81. The van der Waals surface area contributed by atoms with Crippen molar-refractivity contribution < 1.29 is 9.59 Å². The molecule has 0 radical (unpaired) electrons. The molecule has 2 aromatic heterocycles. The van der Waals surface area contributed by atoms with Crippen molar-refractivity contribution in [2.24, 2.45) is 5.73 Å². The van der Waals surface area contributed by atoms with Gasteiger partial charge in [-0.3, -0.25) is 19.0 Å². The minimum absolute atomic E-state index is 0.123. The van der Waals surface area contributed by atoms with Crippen LogP contribution in [0.3, 0.4) is 0 Å². The van der Waals surface area contributed by atoms with E-state index >= 15 is 0 Å². The lowest BCUT2D eigenvalue weighted by Crippen LogP contribution is -2.27. The number of hydrogen-bond donors (Lipinski definition) is 2. The Bertz CT molecular complexity index is 1400. The molecule has 2 aromatic carbocycles. The summed E-state index contributed by atoms with van der Waals surface area (Å²) >= 11 is 1.45. The van der Waals surface area contributed by atoms with Gasteiger partial charge < -0.3 is 11.1 Å². The van der Waals surface area contributed by atoms with Crippen LogP contribution in [0.4, 0.5) is 5.69 Å². The first-order chi connectivity index (χ1) is 15.5. The smallest absolute Gasteiger partial charge is 0.265 e. The summed E-state index contributed by atoms with van der Waals surface area (Å²) in [5.41, 5.74) is 7.26. The lowest BCUT2D eigenvalue weighted by Gasteiger charge is -2.13. The number of nitrogens with two attached hydrogens (primary N) is 1. The number of para-hydroxylation sites is 1. The molecule has 0 saturated heterocycles. The van der Waals surface area contributed by atoms with Gasteiger partial charge in [0.25, 0.3) is 5.56 Å². The molecule has 9 nitrogen and oxygen atoms in total. The number of aromatic nitrogens is 4. The standard InChI is InChI=1S/C22H18N6O3S/c23-19(30)13-6-8-14(9-7-13)25-18(29)10-16-12-32-22-26-20-17(21(31)27(16)22)11-24-28(20)15-4-2-1-3-5-15/h1-9,11,16H,10,12H2,(H2,23,30)(H,25,29)/t16-/m1/s1. The van der Waals surface area contributed by atoms with Crippen LogP contribution in [0.15, 0.2) is 70.7 Å². The Hall–Kier alpha value is -3.92. The summed E-state index contributed by atoms with van der Waals surface area (Å²) in [5, 5.41) is 8.13. The number of benzene rings is 2. The number of carbonyl (C=O) groups is 2. The van der Waals surface area contributed by atoms with Crippen LogP contribution in [0.25, 0.3) is 16.7 Å². The number of anilines is 1. The molecule has 3 heterocycles. The first-order valence-corrected chi connectivity index (χ1v) is 10.9. The lowest BCUT2D eigenvalue weighted by molar-refractivity contribution is -0.116. The van der Waals surface area contributed by atoms with Crippen LogP contribution in [0.2, 0.25) is 0 Å². The van der Waals surface area contributed by atoms with Crippen LogP contribution >= 0.6 is 11.8 Å². The summed E-state index contributed by atoms with van der Waals surface area (Å²) in [6.07, 6.45) is 1.64. The molecule has 10 heteroatoms. The molecular weight excluding hydrogens is 428 g/mol. The lowest BCUT2D eigenvalue weighted by atomic mass is 10.2. The SMILES string of the molecule is NC(=O)c1ccc(NC(=O)C[C@@H]2CSc3nc4c(cnn4-c4ccccc4)c(=O)n32)cc1. The molecule has 5 rings (SSSR count). The molecule has 0 spiro atoms. The minimum Gasteiger partial charge on any atom is -0.366 e. The molecular formula is C22H18N6O3S. The molecule has 3 N–H and O–H groups in total. The van der Waals surface area contributed by atoms with Gasteiger partial charge in [0.05, 0.1) is 17.9 Å². The molecule has 4 aromatic rings. The maximum atomic E-state index is 13.2. The number of amides is 2. The highest BCUT2D eigenvalue weighted by molar-refractivity contribution is 7.99. The fourth-order valence-electron chi connectivity index (χ4n) is 3.68. The quantitative estimate of drug-likeness (QED) is 0.454. The molecule has 0 unspecified atom stereocenters. The monoisotopic (exact) mass is 446 g/mol. The van der Waals surface area contributed by atoms with E-state index in [0.29, 0.717) is 33.2 Å². The Morgan fingerprint density at radius 1 is 1.12 bits per heavy atom. The van der Waals surface area contributed by atoms with Crippen molar-refractivity contribution >= 4 is 40.3 Å². The zero-order valence-electron chi connectivity index (χ0n) is 16.8. The van der Waals surface area contributed by atoms with Gasteiger partial charge in [0.1, 0.15) is 5.39 Å². The Balaban J connectivity index is 1.39. The van der Waals surface area contributed by atoms with E-state index in [1.54, 1.807) is 33.5 Å². The van der Waals surface area contributed by atoms with Crippen molar-refractivity contribution in [3.05, 3.63) is 76.7 Å². The fraction of sp³-hybridized carbons (Fsp3) is 0.136. The third-order valence-electron chi connectivity index (χ3n) is 5.25. The van der Waals surface area contributed by atoms with E-state index in [1.165, 1.54) is 18.0 Å². The predicted molar refractivity (Wildman–Crippen MR) is 121 cm³/mol. The number of primary amides is 1. The zero-order chi connectivity index (χ0) is 22.2. The Labute approximate surface area is 186 Å². The van der Waals surface area contributed by atoms with Crippen molar-refractivity contribution in [3.63, 3.8) is 0 Å². The third-order valence-corrected chi connectivity index (χ3v) is 6.34. The molecule has 32 heavy (non-hydrogen) atoms. The summed E-state index contributed by atoms with van der Waals surface area (Å²) in [5.74, 6) is -0.194. The summed E-state index contributed by atoms with van der Waals surface area (Å²) in [4.78, 5) is 41.6.